The van der Waals surface area contributed by atoms with Crippen molar-refractivity contribution in [3.63, 3.8) is 0 Å². The Balaban J connectivity index is 2.10. The smallest absolute Gasteiger partial charge is 0.0693 e. The molecule has 1 saturated carbocycles. The zero-order valence-electron chi connectivity index (χ0n) is 9.08. The lowest BCUT2D eigenvalue weighted by Crippen LogP contribution is -2.42. The second-order valence-corrected chi connectivity index (χ2v) is 4.26. The lowest BCUT2D eigenvalue weighted by molar-refractivity contribution is 0.0867. The van der Waals surface area contributed by atoms with E-state index in [-0.39, 0.29) is 18.2 Å². The molecule has 14 heavy (non-hydrogen) atoms. The Morgan fingerprint density at radius 1 is 1.36 bits per heavy atom. The summed E-state index contributed by atoms with van der Waals surface area (Å²) in [5.74, 6) is 0. The number of hydrogen-bond acceptors (Lipinski definition) is 3. The first-order valence-electron chi connectivity index (χ1n) is 5.83. The molecule has 0 aliphatic heterocycles. The fourth-order valence-corrected chi connectivity index (χ4v) is 1.99. The first-order chi connectivity index (χ1) is 6.74. The first kappa shape index (κ1) is 12.0. The summed E-state index contributed by atoms with van der Waals surface area (Å²) in [6.07, 6.45) is 5.60. The third kappa shape index (κ3) is 3.95. The Bertz CT molecular complexity index is 152. The van der Waals surface area contributed by atoms with Crippen molar-refractivity contribution in [3.05, 3.63) is 0 Å². The summed E-state index contributed by atoms with van der Waals surface area (Å²) in [4.78, 5) is 0. The summed E-state index contributed by atoms with van der Waals surface area (Å²) in [7, 11) is 0. The predicted molar refractivity (Wildman–Crippen MR) is 57.2 cm³/mol. The molecule has 1 rings (SSSR count). The summed E-state index contributed by atoms with van der Waals surface area (Å²) in [6.45, 7) is 2.80. The van der Waals surface area contributed by atoms with Gasteiger partial charge in [-0.15, -0.1) is 0 Å². The van der Waals surface area contributed by atoms with Crippen LogP contribution in [-0.4, -0.2) is 35.0 Å². The van der Waals surface area contributed by atoms with Gasteiger partial charge in [0.1, 0.15) is 0 Å². The van der Waals surface area contributed by atoms with E-state index in [1.165, 1.54) is 6.42 Å². The molecule has 3 nitrogen and oxygen atoms in total. The Hall–Kier alpha value is -0.120. The van der Waals surface area contributed by atoms with Gasteiger partial charge in [0.05, 0.1) is 12.2 Å². The second kappa shape index (κ2) is 6.38. The van der Waals surface area contributed by atoms with E-state index in [4.69, 9.17) is 0 Å². The highest BCUT2D eigenvalue weighted by Gasteiger charge is 2.21. The molecular weight excluding hydrogens is 178 g/mol. The number of aliphatic hydroxyl groups is 2. The average Bonchev–Trinajstić information content (AvgIpc) is 2.20. The van der Waals surface area contributed by atoms with Crippen LogP contribution >= 0.6 is 0 Å². The summed E-state index contributed by atoms with van der Waals surface area (Å²) >= 11 is 0. The zero-order chi connectivity index (χ0) is 10.4. The van der Waals surface area contributed by atoms with Crippen molar-refractivity contribution in [2.45, 2.75) is 63.7 Å². The van der Waals surface area contributed by atoms with Crippen LogP contribution < -0.4 is 5.32 Å². The van der Waals surface area contributed by atoms with Gasteiger partial charge in [0, 0.05) is 6.04 Å². The minimum absolute atomic E-state index is 0.178. The molecule has 0 bridgehead atoms. The molecule has 84 valence electrons. The van der Waals surface area contributed by atoms with E-state index in [0.717, 1.165) is 38.6 Å². The monoisotopic (exact) mass is 201 g/mol. The van der Waals surface area contributed by atoms with Gasteiger partial charge in [0.15, 0.2) is 0 Å². The molecule has 0 aromatic rings. The van der Waals surface area contributed by atoms with Gasteiger partial charge in [0.2, 0.25) is 0 Å². The molecule has 1 aliphatic rings. The van der Waals surface area contributed by atoms with Gasteiger partial charge < -0.3 is 15.5 Å². The maximum absolute atomic E-state index is 9.67. The van der Waals surface area contributed by atoms with Gasteiger partial charge >= 0.3 is 0 Å². The molecule has 3 atom stereocenters. The van der Waals surface area contributed by atoms with Gasteiger partial charge in [0.25, 0.3) is 0 Å². The molecule has 1 unspecified atom stereocenters. The third-order valence-corrected chi connectivity index (χ3v) is 3.08. The van der Waals surface area contributed by atoms with Gasteiger partial charge in [-0.3, -0.25) is 0 Å². The fourth-order valence-electron chi connectivity index (χ4n) is 1.99. The van der Waals surface area contributed by atoms with E-state index in [9.17, 15) is 10.2 Å². The van der Waals surface area contributed by atoms with Crippen molar-refractivity contribution < 1.29 is 10.2 Å². The second-order valence-electron chi connectivity index (χ2n) is 4.26. The molecule has 3 heteroatoms. The highest BCUT2D eigenvalue weighted by atomic mass is 16.3. The van der Waals surface area contributed by atoms with Gasteiger partial charge in [-0.05, 0) is 32.2 Å². The van der Waals surface area contributed by atoms with Crippen molar-refractivity contribution in [3.8, 4) is 0 Å². The van der Waals surface area contributed by atoms with Crippen LogP contribution in [0, 0.1) is 0 Å². The van der Waals surface area contributed by atoms with Gasteiger partial charge in [-0.1, -0.05) is 19.8 Å². The number of nitrogens with one attached hydrogen (secondary N) is 1. The van der Waals surface area contributed by atoms with E-state index < -0.39 is 0 Å². The largest absolute Gasteiger partial charge is 0.393 e. The van der Waals surface area contributed by atoms with Crippen LogP contribution in [0.5, 0.6) is 0 Å². The quantitative estimate of drug-likeness (QED) is 0.623. The average molecular weight is 201 g/mol. The summed E-state index contributed by atoms with van der Waals surface area (Å²) in [6, 6.07) is 0.257. The van der Waals surface area contributed by atoms with Crippen LogP contribution in [0.25, 0.3) is 0 Å². The molecule has 3 N–H and O–H groups in total. The zero-order valence-corrected chi connectivity index (χ0v) is 9.08. The fraction of sp³-hybridized carbons (Fsp3) is 1.00. The Morgan fingerprint density at radius 3 is 2.71 bits per heavy atom. The van der Waals surface area contributed by atoms with Crippen LogP contribution in [0.2, 0.25) is 0 Å². The van der Waals surface area contributed by atoms with Crippen LogP contribution in [-0.2, 0) is 0 Å². The lowest BCUT2D eigenvalue weighted by Gasteiger charge is -2.28. The Morgan fingerprint density at radius 2 is 2.07 bits per heavy atom. The SMILES string of the molecule is CCC(O)CCN[C@H]1CCCC[C@@H]1O. The summed E-state index contributed by atoms with van der Waals surface area (Å²) in [5.41, 5.74) is 0. The minimum Gasteiger partial charge on any atom is -0.393 e. The van der Waals surface area contributed by atoms with Crippen molar-refractivity contribution in [2.75, 3.05) is 6.54 Å². The van der Waals surface area contributed by atoms with Crippen LogP contribution in [0.4, 0.5) is 0 Å². The molecular formula is C11H23NO2. The molecule has 0 saturated heterocycles. The normalized spacial score (nSPS) is 30.2. The molecule has 0 amide bonds. The number of rotatable bonds is 5. The van der Waals surface area contributed by atoms with Crippen molar-refractivity contribution in [2.24, 2.45) is 0 Å². The topological polar surface area (TPSA) is 52.5 Å². The molecule has 0 radical (unpaired) electrons. The van der Waals surface area contributed by atoms with E-state index in [1.807, 2.05) is 6.92 Å². The van der Waals surface area contributed by atoms with E-state index in [1.54, 1.807) is 0 Å². The highest BCUT2D eigenvalue weighted by molar-refractivity contribution is 4.80. The van der Waals surface area contributed by atoms with Gasteiger partial charge in [-0.25, -0.2) is 0 Å². The van der Waals surface area contributed by atoms with Crippen LogP contribution in [0.15, 0.2) is 0 Å². The molecule has 0 aromatic heterocycles. The maximum Gasteiger partial charge on any atom is 0.0693 e. The lowest BCUT2D eigenvalue weighted by atomic mass is 9.92. The maximum atomic E-state index is 9.67. The minimum atomic E-state index is -0.191. The van der Waals surface area contributed by atoms with Gasteiger partial charge in [-0.2, -0.15) is 0 Å². The number of hydrogen-bond donors (Lipinski definition) is 3. The highest BCUT2D eigenvalue weighted by Crippen LogP contribution is 2.18. The van der Waals surface area contributed by atoms with E-state index >= 15 is 0 Å². The van der Waals surface area contributed by atoms with Crippen LogP contribution in [0.1, 0.15) is 45.4 Å². The third-order valence-electron chi connectivity index (χ3n) is 3.08. The van der Waals surface area contributed by atoms with Crippen molar-refractivity contribution >= 4 is 0 Å². The molecule has 1 fully saturated rings. The predicted octanol–water partition coefficient (Wildman–Crippen LogP) is 1.04. The van der Waals surface area contributed by atoms with Crippen molar-refractivity contribution in [1.29, 1.82) is 0 Å². The van der Waals surface area contributed by atoms with Crippen LogP contribution in [0.3, 0.4) is 0 Å². The Kier molecular flexibility index (Phi) is 5.45. The van der Waals surface area contributed by atoms with Crippen molar-refractivity contribution in [1.82, 2.24) is 5.32 Å². The molecule has 0 aromatic carbocycles. The van der Waals surface area contributed by atoms with E-state index in [2.05, 4.69) is 5.32 Å². The Labute approximate surface area is 86.5 Å². The molecule has 0 spiro atoms. The number of aliphatic hydroxyl groups excluding tert-OH is 2. The molecule has 0 heterocycles. The standard InChI is InChI=1S/C11H23NO2/c1-2-9(13)7-8-12-10-5-3-4-6-11(10)14/h9-14H,2-8H2,1H3/t9?,10-,11-/m0/s1. The summed E-state index contributed by atoms with van der Waals surface area (Å²) < 4.78 is 0. The molecule has 1 aliphatic carbocycles. The van der Waals surface area contributed by atoms with E-state index in [0.29, 0.717) is 0 Å². The first-order valence-corrected chi connectivity index (χ1v) is 5.83. The summed E-state index contributed by atoms with van der Waals surface area (Å²) in [5, 5.41) is 22.3.